The van der Waals surface area contributed by atoms with Gasteiger partial charge in [-0.05, 0) is 104 Å². The Hall–Kier alpha value is -2.74. The number of Topliss-reactive ketones (excluding diaryl/α,β-unsaturated/α-hetero) is 1. The molecule has 4 aliphatic carbocycles. The first-order valence-electron chi connectivity index (χ1n) is 15.2. The number of nitrogens with zero attached hydrogens (tertiary/aromatic N) is 1. The van der Waals surface area contributed by atoms with Crippen LogP contribution in [-0.4, -0.2) is 16.7 Å². The molecule has 0 radical (unpaired) electrons. The third-order valence-electron chi connectivity index (χ3n) is 12.1. The topological polar surface area (TPSA) is 70.3 Å². The fourth-order valence-corrected chi connectivity index (χ4v) is 9.71. The molecule has 0 unspecified atom stereocenters. The van der Waals surface area contributed by atoms with Gasteiger partial charge < -0.3 is 9.84 Å². The van der Waals surface area contributed by atoms with Gasteiger partial charge in [-0.3, -0.25) is 4.79 Å². The molecule has 0 aromatic heterocycles. The summed E-state index contributed by atoms with van der Waals surface area (Å²) in [4.78, 5) is 13.5. The largest absolute Gasteiger partial charge is 0.365 e. The highest BCUT2D eigenvalue weighted by Crippen LogP contribution is 2.70. The summed E-state index contributed by atoms with van der Waals surface area (Å²) in [6.07, 6.45) is 10.9. The molecule has 2 aromatic rings. The lowest BCUT2D eigenvalue weighted by atomic mass is 9.44. The Labute approximate surface area is 239 Å². The highest BCUT2D eigenvalue weighted by atomic mass is 16.6. The van der Waals surface area contributed by atoms with E-state index in [-0.39, 0.29) is 16.2 Å². The van der Waals surface area contributed by atoms with Crippen molar-refractivity contribution >= 4 is 5.78 Å². The van der Waals surface area contributed by atoms with E-state index in [1.165, 1.54) is 11.1 Å². The third kappa shape index (κ3) is 4.29. The van der Waals surface area contributed by atoms with Crippen LogP contribution in [0.4, 0.5) is 0 Å². The second-order valence-electron chi connectivity index (χ2n) is 13.8. The van der Waals surface area contributed by atoms with Crippen molar-refractivity contribution in [2.45, 2.75) is 91.0 Å². The molecule has 4 heteroatoms. The number of carbonyl (C=O) groups is 1. The quantitative estimate of drug-likeness (QED) is 0.305. The van der Waals surface area contributed by atoms with Gasteiger partial charge in [0.05, 0.1) is 18.2 Å². The number of nitriles is 1. The zero-order valence-electron chi connectivity index (χ0n) is 24.3. The Bertz CT molecular complexity index is 1340. The molecular formula is C36H43NO3. The van der Waals surface area contributed by atoms with E-state index in [4.69, 9.17) is 10.00 Å². The van der Waals surface area contributed by atoms with E-state index in [0.29, 0.717) is 48.5 Å². The minimum Gasteiger partial charge on any atom is -0.365 e. The van der Waals surface area contributed by atoms with Crippen LogP contribution in [0, 0.1) is 45.3 Å². The van der Waals surface area contributed by atoms with Gasteiger partial charge in [-0.1, -0.05) is 68.0 Å². The predicted molar refractivity (Wildman–Crippen MR) is 156 cm³/mol. The van der Waals surface area contributed by atoms with Crippen LogP contribution in [0.25, 0.3) is 0 Å². The van der Waals surface area contributed by atoms with Gasteiger partial charge in [0.2, 0.25) is 0 Å². The van der Waals surface area contributed by atoms with Crippen LogP contribution in [0.2, 0.25) is 0 Å². The molecule has 210 valence electrons. The molecular weight excluding hydrogens is 494 g/mol. The van der Waals surface area contributed by atoms with E-state index in [1.54, 1.807) is 12.1 Å². The number of benzene rings is 2. The SMILES string of the molecule is CC(=O)[C@@]1(Cc2ccccc2)CC[C@H]2[C@@H]3CC=C4C[C@](O)(OCc5ccc(C#N)cc5)CC[C@]4(C)[C@H]3CC[C@@]21C. The highest BCUT2D eigenvalue weighted by molar-refractivity contribution is 5.84. The average Bonchev–Trinajstić information content (AvgIpc) is 3.26. The minimum atomic E-state index is -1.15. The van der Waals surface area contributed by atoms with E-state index in [2.05, 4.69) is 56.3 Å². The Morgan fingerprint density at radius 3 is 2.40 bits per heavy atom. The van der Waals surface area contributed by atoms with Crippen LogP contribution in [-0.2, 0) is 22.6 Å². The average molecular weight is 538 g/mol. The normalized spacial score (nSPS) is 38.4. The van der Waals surface area contributed by atoms with Gasteiger partial charge in [0.15, 0.2) is 5.79 Å². The van der Waals surface area contributed by atoms with Crippen LogP contribution in [0.3, 0.4) is 0 Å². The minimum absolute atomic E-state index is 0.0250. The summed E-state index contributed by atoms with van der Waals surface area (Å²) >= 11 is 0. The second kappa shape index (κ2) is 9.97. The number of aliphatic hydroxyl groups is 1. The molecule has 0 bridgehead atoms. The van der Waals surface area contributed by atoms with Crippen LogP contribution >= 0.6 is 0 Å². The molecule has 40 heavy (non-hydrogen) atoms. The van der Waals surface area contributed by atoms with E-state index >= 15 is 0 Å². The number of carbonyl (C=O) groups excluding carboxylic acids is 1. The molecule has 2 aromatic carbocycles. The summed E-state index contributed by atoms with van der Waals surface area (Å²) in [5.74, 6) is 0.966. The van der Waals surface area contributed by atoms with E-state index in [9.17, 15) is 9.90 Å². The fraction of sp³-hybridized carbons (Fsp3) is 0.556. The second-order valence-corrected chi connectivity index (χ2v) is 13.8. The Morgan fingerprint density at radius 2 is 1.70 bits per heavy atom. The summed E-state index contributed by atoms with van der Waals surface area (Å²) in [6, 6.07) is 20.2. The lowest BCUT2D eigenvalue weighted by Gasteiger charge is -2.60. The monoisotopic (exact) mass is 537 g/mol. The number of hydrogen-bond donors (Lipinski definition) is 1. The maximum atomic E-state index is 13.5. The molecule has 0 aliphatic heterocycles. The number of allylic oxidation sites excluding steroid dienone is 1. The van der Waals surface area contributed by atoms with Crippen molar-refractivity contribution in [3.63, 3.8) is 0 Å². The smallest absolute Gasteiger partial charge is 0.169 e. The molecule has 1 N–H and O–H groups in total. The fourth-order valence-electron chi connectivity index (χ4n) is 9.71. The molecule has 0 saturated heterocycles. The molecule has 4 nitrogen and oxygen atoms in total. The molecule has 3 fully saturated rings. The zero-order valence-corrected chi connectivity index (χ0v) is 24.3. The van der Waals surface area contributed by atoms with E-state index in [1.807, 2.05) is 19.1 Å². The summed E-state index contributed by atoms with van der Waals surface area (Å²) in [7, 11) is 0. The van der Waals surface area contributed by atoms with Gasteiger partial charge in [0.25, 0.3) is 0 Å². The molecule has 7 atom stereocenters. The summed E-state index contributed by atoms with van der Waals surface area (Å²) in [5.41, 5.74) is 4.07. The van der Waals surface area contributed by atoms with Gasteiger partial charge >= 0.3 is 0 Å². The number of ether oxygens (including phenoxy) is 1. The van der Waals surface area contributed by atoms with Crippen LogP contribution in [0.1, 0.15) is 88.8 Å². The molecule has 0 spiro atoms. The summed E-state index contributed by atoms with van der Waals surface area (Å²) in [6.45, 7) is 7.08. The van der Waals surface area contributed by atoms with Crippen LogP contribution in [0.15, 0.2) is 66.2 Å². The molecule has 6 rings (SSSR count). The Morgan fingerprint density at radius 1 is 0.975 bits per heavy atom. The van der Waals surface area contributed by atoms with Crippen LogP contribution < -0.4 is 0 Å². The van der Waals surface area contributed by atoms with Crippen molar-refractivity contribution in [1.82, 2.24) is 0 Å². The Balaban J connectivity index is 1.21. The molecule has 0 heterocycles. The molecule has 4 aliphatic rings. The van der Waals surface area contributed by atoms with Crippen molar-refractivity contribution in [2.75, 3.05) is 0 Å². The number of fused-ring (bicyclic) bond motifs is 5. The lowest BCUT2D eigenvalue weighted by molar-refractivity contribution is -0.231. The summed E-state index contributed by atoms with van der Waals surface area (Å²) in [5, 5.41) is 20.5. The number of hydrogen-bond acceptors (Lipinski definition) is 4. The lowest BCUT2D eigenvalue weighted by Crippen LogP contribution is -2.55. The molecule has 0 amide bonds. The Kier molecular flexibility index (Phi) is 6.83. The summed E-state index contributed by atoms with van der Waals surface area (Å²) < 4.78 is 6.15. The zero-order chi connectivity index (χ0) is 28.2. The van der Waals surface area contributed by atoms with E-state index < -0.39 is 5.79 Å². The first-order chi connectivity index (χ1) is 19.1. The number of ketones is 1. The maximum Gasteiger partial charge on any atom is 0.169 e. The van der Waals surface area contributed by atoms with Gasteiger partial charge in [0, 0.05) is 18.3 Å². The van der Waals surface area contributed by atoms with Crippen molar-refractivity contribution < 1.29 is 14.6 Å². The number of rotatable bonds is 6. The van der Waals surface area contributed by atoms with Crippen molar-refractivity contribution in [3.05, 3.63) is 82.9 Å². The van der Waals surface area contributed by atoms with E-state index in [0.717, 1.165) is 50.5 Å². The van der Waals surface area contributed by atoms with Crippen molar-refractivity contribution in [1.29, 1.82) is 5.26 Å². The van der Waals surface area contributed by atoms with Gasteiger partial charge in [-0.2, -0.15) is 5.26 Å². The highest BCUT2D eigenvalue weighted by Gasteiger charge is 2.65. The van der Waals surface area contributed by atoms with Gasteiger partial charge in [0.1, 0.15) is 5.78 Å². The van der Waals surface area contributed by atoms with Crippen molar-refractivity contribution in [2.24, 2.45) is 34.0 Å². The first kappa shape index (κ1) is 27.4. The molecule has 3 saturated carbocycles. The maximum absolute atomic E-state index is 13.5. The van der Waals surface area contributed by atoms with Gasteiger partial charge in [-0.15, -0.1) is 0 Å². The van der Waals surface area contributed by atoms with Crippen molar-refractivity contribution in [3.8, 4) is 6.07 Å². The standard InChI is InChI=1S/C36H43NO3/c1-25(38)35(21-26-7-5-4-6-8-26)18-16-32-30-14-13-29-22-36(39,40-24-28-11-9-27(23-37)10-12-28)20-19-33(29,2)31(30)15-17-34(32,35)3/h4-13,30-32,39H,14-22,24H2,1-3H3/t30-,31+,32+,33+,34+,35+,36-/m1/s1. The van der Waals surface area contributed by atoms with Gasteiger partial charge in [-0.25, -0.2) is 0 Å². The van der Waals surface area contributed by atoms with Crippen LogP contribution in [0.5, 0.6) is 0 Å². The predicted octanol–water partition coefficient (Wildman–Crippen LogP) is 7.54. The first-order valence-corrected chi connectivity index (χ1v) is 15.2. The third-order valence-corrected chi connectivity index (χ3v) is 12.1.